The fourth-order valence-corrected chi connectivity index (χ4v) is 4.96. The van der Waals surface area contributed by atoms with E-state index < -0.39 is 0 Å². The van der Waals surface area contributed by atoms with Gasteiger partial charge in [-0.2, -0.15) is 0 Å². The third kappa shape index (κ3) is 2.12. The molecule has 2 aliphatic rings. The Balaban J connectivity index is 1.92. The molecule has 0 heterocycles. The summed E-state index contributed by atoms with van der Waals surface area (Å²) in [5, 5.41) is 4.57. The van der Waals surface area contributed by atoms with Crippen LogP contribution in [-0.4, -0.2) is 6.04 Å². The van der Waals surface area contributed by atoms with Crippen LogP contribution in [0, 0.1) is 16.7 Å². The largest absolute Gasteiger partial charge is 0.380 e. The average molecular weight is 343 g/mol. The van der Waals surface area contributed by atoms with Gasteiger partial charge in [-0.15, -0.1) is 0 Å². The van der Waals surface area contributed by atoms with Crippen molar-refractivity contribution in [3.63, 3.8) is 0 Å². The molecule has 2 aliphatic carbocycles. The minimum absolute atomic E-state index is 0.356. The molecule has 19 heavy (non-hydrogen) atoms. The molecule has 0 saturated heterocycles. The number of halogens is 2. The van der Waals surface area contributed by atoms with E-state index in [9.17, 15) is 0 Å². The smallest absolute Gasteiger partial charge is 0.0502 e. The normalized spacial score (nSPS) is 35.6. The maximum absolute atomic E-state index is 6.13. The number of benzene rings is 1. The molecule has 3 rings (SSSR count). The van der Waals surface area contributed by atoms with Gasteiger partial charge in [0.2, 0.25) is 0 Å². The van der Waals surface area contributed by atoms with E-state index in [1.807, 2.05) is 18.2 Å². The Morgan fingerprint density at radius 3 is 2.68 bits per heavy atom. The summed E-state index contributed by atoms with van der Waals surface area (Å²) < 4.78 is 1.10. The fraction of sp³-hybridized carbons (Fsp3) is 0.625. The highest BCUT2D eigenvalue weighted by Gasteiger charge is 2.59. The lowest BCUT2D eigenvalue weighted by atomic mass is 9.68. The first-order valence-electron chi connectivity index (χ1n) is 7.04. The highest BCUT2D eigenvalue weighted by Crippen LogP contribution is 2.63. The summed E-state index contributed by atoms with van der Waals surface area (Å²) in [6, 6.07) is 6.49. The van der Waals surface area contributed by atoms with Gasteiger partial charge in [-0.1, -0.05) is 32.4 Å². The van der Waals surface area contributed by atoms with Crippen molar-refractivity contribution < 1.29 is 0 Å². The zero-order chi connectivity index (χ0) is 13.8. The molecular formula is C16H21BrClN. The van der Waals surface area contributed by atoms with Crippen molar-refractivity contribution in [2.75, 3.05) is 5.32 Å². The molecule has 1 unspecified atom stereocenters. The first-order chi connectivity index (χ1) is 8.83. The van der Waals surface area contributed by atoms with E-state index in [0.717, 1.165) is 21.1 Å². The lowest BCUT2D eigenvalue weighted by Gasteiger charge is -2.43. The second-order valence-electron chi connectivity index (χ2n) is 7.12. The first kappa shape index (κ1) is 13.8. The molecule has 0 radical (unpaired) electrons. The predicted molar refractivity (Wildman–Crippen MR) is 85.8 cm³/mol. The van der Waals surface area contributed by atoms with E-state index in [1.54, 1.807) is 0 Å². The zero-order valence-electron chi connectivity index (χ0n) is 11.8. The molecule has 1 N–H and O–H groups in total. The van der Waals surface area contributed by atoms with Gasteiger partial charge in [0.15, 0.2) is 0 Å². The Morgan fingerprint density at radius 1 is 1.32 bits per heavy atom. The summed E-state index contributed by atoms with van der Waals surface area (Å²) in [6.07, 6.45) is 4.09. The SMILES string of the molecule is CC1(C)C(Nc2cc(Cl)ccc2Br)[C@]2(C)CC[C@H]1C2. The Kier molecular flexibility index (Phi) is 3.18. The number of nitrogens with one attached hydrogen (secondary N) is 1. The summed E-state index contributed by atoms with van der Waals surface area (Å²) in [6.45, 7) is 7.27. The highest BCUT2D eigenvalue weighted by atomic mass is 79.9. The Morgan fingerprint density at radius 2 is 2.05 bits per heavy atom. The third-order valence-electron chi connectivity index (χ3n) is 5.50. The first-order valence-corrected chi connectivity index (χ1v) is 8.22. The van der Waals surface area contributed by atoms with E-state index in [0.29, 0.717) is 16.9 Å². The van der Waals surface area contributed by atoms with Gasteiger partial charge in [0.1, 0.15) is 0 Å². The molecule has 0 aromatic heterocycles. The molecular weight excluding hydrogens is 322 g/mol. The van der Waals surface area contributed by atoms with E-state index in [2.05, 4.69) is 42.0 Å². The molecule has 0 aliphatic heterocycles. The Bertz CT molecular complexity index is 509. The zero-order valence-corrected chi connectivity index (χ0v) is 14.1. The number of hydrogen-bond donors (Lipinski definition) is 1. The van der Waals surface area contributed by atoms with Gasteiger partial charge in [0.25, 0.3) is 0 Å². The van der Waals surface area contributed by atoms with Crippen LogP contribution in [-0.2, 0) is 0 Å². The van der Waals surface area contributed by atoms with Crippen LogP contribution in [0.15, 0.2) is 22.7 Å². The van der Waals surface area contributed by atoms with E-state index in [1.165, 1.54) is 19.3 Å². The van der Waals surface area contributed by atoms with Gasteiger partial charge in [0, 0.05) is 15.5 Å². The van der Waals surface area contributed by atoms with Crippen LogP contribution >= 0.6 is 27.5 Å². The van der Waals surface area contributed by atoms with Crippen molar-refractivity contribution in [3.05, 3.63) is 27.7 Å². The molecule has 0 spiro atoms. The van der Waals surface area contributed by atoms with Crippen molar-refractivity contribution in [3.8, 4) is 0 Å². The highest BCUT2D eigenvalue weighted by molar-refractivity contribution is 9.10. The number of anilines is 1. The molecule has 1 aromatic carbocycles. The van der Waals surface area contributed by atoms with Crippen molar-refractivity contribution in [1.29, 1.82) is 0 Å². The summed E-state index contributed by atoms with van der Waals surface area (Å²) in [7, 11) is 0. The summed E-state index contributed by atoms with van der Waals surface area (Å²) >= 11 is 9.75. The average Bonchev–Trinajstić information content (AvgIpc) is 2.80. The fourth-order valence-electron chi connectivity index (χ4n) is 4.43. The Labute approximate surface area is 129 Å². The molecule has 2 fully saturated rings. The molecule has 0 amide bonds. The van der Waals surface area contributed by atoms with Crippen LogP contribution in [0.2, 0.25) is 5.02 Å². The molecule has 3 atom stereocenters. The van der Waals surface area contributed by atoms with Crippen LogP contribution < -0.4 is 5.32 Å². The van der Waals surface area contributed by atoms with Crippen LogP contribution in [0.5, 0.6) is 0 Å². The lowest BCUT2D eigenvalue weighted by Crippen LogP contribution is -2.45. The van der Waals surface area contributed by atoms with Crippen molar-refractivity contribution >= 4 is 33.2 Å². The van der Waals surface area contributed by atoms with Gasteiger partial charge in [0.05, 0.1) is 5.69 Å². The van der Waals surface area contributed by atoms with Crippen LogP contribution in [0.25, 0.3) is 0 Å². The van der Waals surface area contributed by atoms with Crippen LogP contribution in [0.4, 0.5) is 5.69 Å². The van der Waals surface area contributed by atoms with Crippen LogP contribution in [0.1, 0.15) is 40.0 Å². The molecule has 104 valence electrons. The minimum Gasteiger partial charge on any atom is -0.380 e. The van der Waals surface area contributed by atoms with Gasteiger partial charge < -0.3 is 5.32 Å². The van der Waals surface area contributed by atoms with E-state index >= 15 is 0 Å². The van der Waals surface area contributed by atoms with Gasteiger partial charge in [-0.05, 0) is 70.1 Å². The molecule has 2 saturated carbocycles. The predicted octanol–water partition coefficient (Wildman–Crippen LogP) is 5.73. The monoisotopic (exact) mass is 341 g/mol. The maximum atomic E-state index is 6.13. The topological polar surface area (TPSA) is 12.0 Å². The second kappa shape index (κ2) is 4.39. The molecule has 2 bridgehead atoms. The number of fused-ring (bicyclic) bond motifs is 2. The second-order valence-corrected chi connectivity index (χ2v) is 8.41. The van der Waals surface area contributed by atoms with E-state index in [-0.39, 0.29) is 0 Å². The number of rotatable bonds is 2. The molecule has 1 aromatic rings. The molecule has 1 nitrogen and oxygen atoms in total. The van der Waals surface area contributed by atoms with Gasteiger partial charge in [-0.3, -0.25) is 0 Å². The quantitative estimate of drug-likeness (QED) is 0.723. The lowest BCUT2D eigenvalue weighted by molar-refractivity contribution is 0.155. The van der Waals surface area contributed by atoms with Crippen molar-refractivity contribution in [2.24, 2.45) is 16.7 Å². The third-order valence-corrected chi connectivity index (χ3v) is 6.42. The summed E-state index contributed by atoms with van der Waals surface area (Å²) in [5.74, 6) is 0.855. The van der Waals surface area contributed by atoms with Crippen molar-refractivity contribution in [1.82, 2.24) is 0 Å². The van der Waals surface area contributed by atoms with Gasteiger partial charge in [-0.25, -0.2) is 0 Å². The molecule has 3 heteroatoms. The minimum atomic E-state index is 0.356. The van der Waals surface area contributed by atoms with Gasteiger partial charge >= 0.3 is 0 Å². The van der Waals surface area contributed by atoms with E-state index in [4.69, 9.17) is 11.6 Å². The number of hydrogen-bond acceptors (Lipinski definition) is 1. The summed E-state index contributed by atoms with van der Waals surface area (Å²) in [5.41, 5.74) is 1.91. The Hall–Kier alpha value is -0.210. The van der Waals surface area contributed by atoms with Crippen molar-refractivity contribution in [2.45, 2.75) is 46.1 Å². The standard InChI is InChI=1S/C16H21BrClN/c1-15(2)10-6-7-16(3,9-10)14(15)19-13-8-11(18)4-5-12(13)17/h4-5,8,10,14,19H,6-7,9H2,1-3H3/t10-,14?,16+/m0/s1. The summed E-state index contributed by atoms with van der Waals surface area (Å²) in [4.78, 5) is 0. The van der Waals surface area contributed by atoms with Crippen LogP contribution in [0.3, 0.4) is 0 Å². The maximum Gasteiger partial charge on any atom is 0.0502 e.